The lowest BCUT2D eigenvalue weighted by Gasteiger charge is -2.62. The third kappa shape index (κ3) is 2.13. The van der Waals surface area contributed by atoms with Crippen LogP contribution in [0.4, 0.5) is 0 Å². The maximum Gasteiger partial charge on any atom is 0.0675 e. The highest BCUT2D eigenvalue weighted by Crippen LogP contribution is 2.68. The Morgan fingerprint density at radius 3 is 2.38 bits per heavy atom. The van der Waals surface area contributed by atoms with E-state index in [0.717, 1.165) is 31.6 Å². The predicted octanol–water partition coefficient (Wildman–Crippen LogP) is 3.36. The number of hydrogen-bond acceptors (Lipinski definition) is 3. The normalized spacial score (nSPS) is 60.2. The van der Waals surface area contributed by atoms with Crippen LogP contribution in [0.5, 0.6) is 0 Å². The SMILES string of the molecule is C[C@]12C[C@H](CO)[C@H](O)C[C@@H]1CC[C@@H]1[C@@H]2CC[C@@]2(C)[C@H]1CC[C@]2(C)O. The lowest BCUT2D eigenvalue weighted by molar-refractivity contribution is -0.166. The van der Waals surface area contributed by atoms with Crippen LogP contribution in [0.3, 0.4) is 0 Å². The van der Waals surface area contributed by atoms with Gasteiger partial charge in [-0.3, -0.25) is 0 Å². The first-order chi connectivity index (χ1) is 11.2. The largest absolute Gasteiger partial charge is 0.396 e. The van der Waals surface area contributed by atoms with Gasteiger partial charge in [0.1, 0.15) is 0 Å². The van der Waals surface area contributed by atoms with E-state index in [9.17, 15) is 15.3 Å². The molecule has 0 heterocycles. The van der Waals surface area contributed by atoms with E-state index in [-0.39, 0.29) is 29.5 Å². The monoisotopic (exact) mass is 336 g/mol. The van der Waals surface area contributed by atoms with Gasteiger partial charge in [0.05, 0.1) is 11.7 Å². The molecule has 3 heteroatoms. The molecule has 138 valence electrons. The molecule has 3 nitrogen and oxygen atoms in total. The van der Waals surface area contributed by atoms with Crippen LogP contribution in [0, 0.1) is 40.4 Å². The first-order valence-corrected chi connectivity index (χ1v) is 10.2. The van der Waals surface area contributed by atoms with E-state index >= 15 is 0 Å². The van der Waals surface area contributed by atoms with E-state index in [0.29, 0.717) is 17.8 Å². The third-order valence-electron chi connectivity index (χ3n) is 9.63. The first kappa shape index (κ1) is 17.3. The highest BCUT2D eigenvalue weighted by Gasteiger charge is 2.63. The Hall–Kier alpha value is -0.120. The van der Waals surface area contributed by atoms with Crippen LogP contribution in [-0.2, 0) is 0 Å². The second-order valence-corrected chi connectivity index (χ2v) is 10.4. The molecule has 4 aliphatic carbocycles. The lowest BCUT2D eigenvalue weighted by atomic mass is 9.43. The molecule has 4 aliphatic rings. The van der Waals surface area contributed by atoms with Crippen LogP contribution in [-0.4, -0.2) is 33.6 Å². The Balaban J connectivity index is 1.63. The summed E-state index contributed by atoms with van der Waals surface area (Å²) in [5.74, 6) is 2.77. The molecule has 0 bridgehead atoms. The summed E-state index contributed by atoms with van der Waals surface area (Å²) in [5, 5.41) is 31.1. The highest BCUT2D eigenvalue weighted by atomic mass is 16.3. The molecule has 0 aromatic carbocycles. The highest BCUT2D eigenvalue weighted by molar-refractivity contribution is 5.13. The summed E-state index contributed by atoms with van der Waals surface area (Å²) in [6.45, 7) is 6.99. The van der Waals surface area contributed by atoms with Crippen molar-refractivity contribution in [2.24, 2.45) is 40.4 Å². The summed E-state index contributed by atoms with van der Waals surface area (Å²) in [6, 6.07) is 0. The average Bonchev–Trinajstić information content (AvgIpc) is 2.77. The van der Waals surface area contributed by atoms with Gasteiger partial charge >= 0.3 is 0 Å². The number of hydrogen-bond donors (Lipinski definition) is 3. The van der Waals surface area contributed by atoms with Crippen molar-refractivity contribution in [3.63, 3.8) is 0 Å². The molecule has 4 saturated carbocycles. The van der Waals surface area contributed by atoms with Crippen LogP contribution in [0.1, 0.15) is 72.1 Å². The second-order valence-electron chi connectivity index (χ2n) is 10.4. The van der Waals surface area contributed by atoms with Gasteiger partial charge in [0.15, 0.2) is 0 Å². The van der Waals surface area contributed by atoms with Crippen LogP contribution in [0.2, 0.25) is 0 Å². The molecule has 4 fully saturated rings. The van der Waals surface area contributed by atoms with Crippen LogP contribution < -0.4 is 0 Å². The quantitative estimate of drug-likeness (QED) is 0.688. The summed E-state index contributed by atoms with van der Waals surface area (Å²) >= 11 is 0. The molecule has 0 aliphatic heterocycles. The van der Waals surface area contributed by atoms with Gasteiger partial charge in [-0.05, 0) is 92.8 Å². The Kier molecular flexibility index (Phi) is 3.92. The van der Waals surface area contributed by atoms with Crippen LogP contribution in [0.25, 0.3) is 0 Å². The minimum atomic E-state index is -0.503. The van der Waals surface area contributed by atoms with E-state index in [1.165, 1.54) is 25.7 Å². The van der Waals surface area contributed by atoms with E-state index in [4.69, 9.17) is 0 Å². The molecular formula is C21H36O3. The smallest absolute Gasteiger partial charge is 0.0675 e. The van der Waals surface area contributed by atoms with Gasteiger partial charge in [-0.15, -0.1) is 0 Å². The van der Waals surface area contributed by atoms with Crippen LogP contribution in [0.15, 0.2) is 0 Å². The zero-order valence-electron chi connectivity index (χ0n) is 15.7. The topological polar surface area (TPSA) is 60.7 Å². The number of aliphatic hydroxyl groups excluding tert-OH is 2. The minimum Gasteiger partial charge on any atom is -0.396 e. The molecule has 3 N–H and O–H groups in total. The molecule has 0 aromatic rings. The molecule has 0 amide bonds. The van der Waals surface area contributed by atoms with E-state index in [1.54, 1.807) is 0 Å². The zero-order chi connectivity index (χ0) is 17.3. The van der Waals surface area contributed by atoms with Gasteiger partial charge in [0.25, 0.3) is 0 Å². The van der Waals surface area contributed by atoms with Crippen molar-refractivity contribution in [1.29, 1.82) is 0 Å². The maximum atomic E-state index is 11.0. The lowest BCUT2D eigenvalue weighted by Crippen LogP contribution is -2.57. The molecule has 0 saturated heterocycles. The zero-order valence-corrected chi connectivity index (χ0v) is 15.7. The molecule has 4 rings (SSSR count). The van der Waals surface area contributed by atoms with E-state index < -0.39 is 5.60 Å². The Morgan fingerprint density at radius 1 is 0.958 bits per heavy atom. The third-order valence-corrected chi connectivity index (χ3v) is 9.63. The molecule has 0 aromatic heterocycles. The summed E-state index contributed by atoms with van der Waals surface area (Å²) in [4.78, 5) is 0. The molecule has 0 spiro atoms. The van der Waals surface area contributed by atoms with Crippen LogP contribution >= 0.6 is 0 Å². The number of rotatable bonds is 1. The Bertz CT molecular complexity index is 503. The molecule has 0 unspecified atom stereocenters. The van der Waals surface area contributed by atoms with E-state index in [2.05, 4.69) is 20.8 Å². The fourth-order valence-electron chi connectivity index (χ4n) is 7.85. The van der Waals surface area contributed by atoms with Gasteiger partial charge in [-0.25, -0.2) is 0 Å². The summed E-state index contributed by atoms with van der Waals surface area (Å²) in [6.07, 6.45) is 8.54. The Morgan fingerprint density at radius 2 is 1.67 bits per heavy atom. The van der Waals surface area contributed by atoms with Crippen molar-refractivity contribution in [2.45, 2.75) is 83.8 Å². The van der Waals surface area contributed by atoms with Gasteiger partial charge in [-0.2, -0.15) is 0 Å². The van der Waals surface area contributed by atoms with Crippen molar-refractivity contribution in [3.8, 4) is 0 Å². The molecular weight excluding hydrogens is 300 g/mol. The van der Waals surface area contributed by atoms with Crippen molar-refractivity contribution >= 4 is 0 Å². The fourth-order valence-corrected chi connectivity index (χ4v) is 7.85. The molecule has 9 atom stereocenters. The van der Waals surface area contributed by atoms with E-state index in [1.807, 2.05) is 0 Å². The van der Waals surface area contributed by atoms with Gasteiger partial charge in [0, 0.05) is 12.5 Å². The maximum absolute atomic E-state index is 11.0. The second kappa shape index (κ2) is 5.44. The number of aliphatic hydroxyl groups is 3. The van der Waals surface area contributed by atoms with Gasteiger partial charge in [0.2, 0.25) is 0 Å². The summed E-state index contributed by atoms with van der Waals surface area (Å²) in [5.41, 5.74) is -0.149. The predicted molar refractivity (Wildman–Crippen MR) is 94.3 cm³/mol. The molecule has 24 heavy (non-hydrogen) atoms. The van der Waals surface area contributed by atoms with Crippen molar-refractivity contribution < 1.29 is 15.3 Å². The van der Waals surface area contributed by atoms with Crippen molar-refractivity contribution in [2.75, 3.05) is 6.61 Å². The number of fused-ring (bicyclic) bond motifs is 5. The minimum absolute atomic E-state index is 0.0602. The van der Waals surface area contributed by atoms with Crippen molar-refractivity contribution in [3.05, 3.63) is 0 Å². The summed E-state index contributed by atoms with van der Waals surface area (Å²) in [7, 11) is 0. The Labute approximate surface area is 146 Å². The summed E-state index contributed by atoms with van der Waals surface area (Å²) < 4.78 is 0. The fraction of sp³-hybridized carbons (Fsp3) is 1.00. The van der Waals surface area contributed by atoms with Gasteiger partial charge < -0.3 is 15.3 Å². The average molecular weight is 337 g/mol. The standard InChI is InChI=1S/C21H36O3/c1-19-11-13(12-22)18(23)10-14(19)4-5-15-16(19)6-8-20(2)17(15)7-9-21(20,3)24/h13-18,22-24H,4-12H2,1-3H3/t13-,14+,15-,16+,17+,18-,19+,20+,21+/m1/s1. The van der Waals surface area contributed by atoms with Gasteiger partial charge in [-0.1, -0.05) is 13.8 Å². The first-order valence-electron chi connectivity index (χ1n) is 10.2. The van der Waals surface area contributed by atoms with Crippen molar-refractivity contribution in [1.82, 2.24) is 0 Å². The molecule has 0 radical (unpaired) electrons.